The minimum Gasteiger partial charge on any atom is -0.361 e. The van der Waals surface area contributed by atoms with E-state index in [1.807, 2.05) is 21.0 Å². The molecule has 1 aromatic rings. The Morgan fingerprint density at radius 3 is 2.69 bits per heavy atom. The number of aromatic nitrogens is 1. The number of nitrogens with two attached hydrogens (primary N) is 1. The van der Waals surface area contributed by atoms with Crippen molar-refractivity contribution in [2.45, 2.75) is 19.9 Å². The Kier molecular flexibility index (Phi) is 3.45. The van der Waals surface area contributed by atoms with Gasteiger partial charge in [-0.25, -0.2) is 0 Å². The fourth-order valence-corrected chi connectivity index (χ4v) is 1.33. The molecule has 0 saturated carbocycles. The van der Waals surface area contributed by atoms with Gasteiger partial charge in [-0.05, 0) is 34.0 Å². The average Bonchev–Trinajstić information content (AvgIpc) is 2.35. The third-order valence-electron chi connectivity index (χ3n) is 1.93. The molecule has 0 bridgehead atoms. The van der Waals surface area contributed by atoms with Gasteiger partial charge in [0.15, 0.2) is 0 Å². The van der Waals surface area contributed by atoms with Gasteiger partial charge in [-0.1, -0.05) is 5.16 Å². The van der Waals surface area contributed by atoms with Gasteiger partial charge in [-0.3, -0.25) is 0 Å². The molecule has 0 aromatic carbocycles. The highest BCUT2D eigenvalue weighted by Gasteiger charge is 2.11. The standard InChI is InChI=1S/C9H17N3O/c1-7-8(4-5-10)9(11-13-7)6-12(2)3/h4-6,10H2,1-3H3. The molecule has 0 aliphatic rings. The number of hydrogen-bond acceptors (Lipinski definition) is 4. The van der Waals surface area contributed by atoms with Gasteiger partial charge >= 0.3 is 0 Å². The maximum Gasteiger partial charge on any atom is 0.137 e. The Hall–Kier alpha value is -0.870. The van der Waals surface area contributed by atoms with E-state index in [0.29, 0.717) is 6.54 Å². The summed E-state index contributed by atoms with van der Waals surface area (Å²) < 4.78 is 5.12. The molecule has 0 aliphatic heterocycles. The first kappa shape index (κ1) is 10.2. The van der Waals surface area contributed by atoms with Crippen molar-refractivity contribution >= 4 is 0 Å². The van der Waals surface area contributed by atoms with Crippen molar-refractivity contribution in [2.24, 2.45) is 5.73 Å². The zero-order chi connectivity index (χ0) is 9.84. The van der Waals surface area contributed by atoms with Gasteiger partial charge in [-0.2, -0.15) is 0 Å². The zero-order valence-corrected chi connectivity index (χ0v) is 8.50. The van der Waals surface area contributed by atoms with Crippen LogP contribution in [0.5, 0.6) is 0 Å². The molecule has 0 atom stereocenters. The monoisotopic (exact) mass is 183 g/mol. The predicted molar refractivity (Wildman–Crippen MR) is 51.4 cm³/mol. The summed E-state index contributed by atoms with van der Waals surface area (Å²) in [7, 11) is 4.02. The quantitative estimate of drug-likeness (QED) is 0.740. The number of aryl methyl sites for hydroxylation is 1. The first-order valence-electron chi connectivity index (χ1n) is 4.44. The van der Waals surface area contributed by atoms with Crippen LogP contribution >= 0.6 is 0 Å². The first-order chi connectivity index (χ1) is 6.15. The van der Waals surface area contributed by atoms with Gasteiger partial charge in [0.25, 0.3) is 0 Å². The van der Waals surface area contributed by atoms with E-state index in [9.17, 15) is 0 Å². The lowest BCUT2D eigenvalue weighted by molar-refractivity contribution is 0.355. The van der Waals surface area contributed by atoms with E-state index < -0.39 is 0 Å². The second-order valence-electron chi connectivity index (χ2n) is 3.44. The van der Waals surface area contributed by atoms with Crippen molar-refractivity contribution in [3.63, 3.8) is 0 Å². The molecule has 74 valence electrons. The van der Waals surface area contributed by atoms with Crippen LogP contribution in [0.2, 0.25) is 0 Å². The highest BCUT2D eigenvalue weighted by Crippen LogP contribution is 2.14. The van der Waals surface area contributed by atoms with E-state index >= 15 is 0 Å². The van der Waals surface area contributed by atoms with E-state index in [1.165, 1.54) is 0 Å². The van der Waals surface area contributed by atoms with Crippen molar-refractivity contribution in [3.05, 3.63) is 17.0 Å². The summed E-state index contributed by atoms with van der Waals surface area (Å²) in [5.41, 5.74) is 7.68. The van der Waals surface area contributed by atoms with Crippen LogP contribution in [0.3, 0.4) is 0 Å². The predicted octanol–water partition coefficient (Wildman–Crippen LogP) is 0.546. The SMILES string of the molecule is Cc1onc(CN(C)C)c1CCN. The van der Waals surface area contributed by atoms with E-state index in [-0.39, 0.29) is 0 Å². The largest absolute Gasteiger partial charge is 0.361 e. The molecular formula is C9H17N3O. The lowest BCUT2D eigenvalue weighted by Gasteiger charge is -2.07. The molecule has 0 radical (unpaired) electrons. The highest BCUT2D eigenvalue weighted by molar-refractivity contribution is 5.22. The van der Waals surface area contributed by atoms with Crippen molar-refractivity contribution in [1.82, 2.24) is 10.1 Å². The topological polar surface area (TPSA) is 55.3 Å². The molecule has 0 saturated heterocycles. The molecule has 0 fully saturated rings. The fraction of sp³-hybridized carbons (Fsp3) is 0.667. The highest BCUT2D eigenvalue weighted by atomic mass is 16.5. The lowest BCUT2D eigenvalue weighted by atomic mass is 10.1. The van der Waals surface area contributed by atoms with Crippen LogP contribution in [0.25, 0.3) is 0 Å². The number of nitrogens with zero attached hydrogens (tertiary/aromatic N) is 2. The van der Waals surface area contributed by atoms with E-state index in [4.69, 9.17) is 10.3 Å². The van der Waals surface area contributed by atoms with Crippen LogP contribution in [0.1, 0.15) is 17.0 Å². The molecule has 2 N–H and O–H groups in total. The van der Waals surface area contributed by atoms with Gasteiger partial charge in [-0.15, -0.1) is 0 Å². The second kappa shape index (κ2) is 4.39. The summed E-state index contributed by atoms with van der Waals surface area (Å²) in [5.74, 6) is 0.891. The van der Waals surface area contributed by atoms with E-state index in [1.54, 1.807) is 0 Å². The second-order valence-corrected chi connectivity index (χ2v) is 3.44. The summed E-state index contributed by atoms with van der Waals surface area (Å²) in [6.45, 7) is 3.38. The lowest BCUT2D eigenvalue weighted by Crippen LogP contribution is -2.13. The number of hydrogen-bond donors (Lipinski definition) is 1. The van der Waals surface area contributed by atoms with Crippen LogP contribution in [0.4, 0.5) is 0 Å². The number of rotatable bonds is 4. The average molecular weight is 183 g/mol. The Labute approximate surface area is 78.7 Å². The Morgan fingerprint density at radius 2 is 2.15 bits per heavy atom. The Morgan fingerprint density at radius 1 is 1.46 bits per heavy atom. The molecule has 0 amide bonds. The fourth-order valence-electron chi connectivity index (χ4n) is 1.33. The van der Waals surface area contributed by atoms with E-state index in [2.05, 4.69) is 10.1 Å². The summed E-state index contributed by atoms with van der Waals surface area (Å²) >= 11 is 0. The molecule has 1 aromatic heterocycles. The summed E-state index contributed by atoms with van der Waals surface area (Å²) in [4.78, 5) is 2.07. The van der Waals surface area contributed by atoms with E-state index in [0.717, 1.165) is 30.0 Å². The van der Waals surface area contributed by atoms with Gasteiger partial charge in [0, 0.05) is 12.1 Å². The minimum absolute atomic E-state index is 0.641. The Balaban J connectivity index is 2.80. The first-order valence-corrected chi connectivity index (χ1v) is 4.44. The van der Waals surface area contributed by atoms with Crippen molar-refractivity contribution < 1.29 is 4.52 Å². The van der Waals surface area contributed by atoms with Crippen molar-refractivity contribution in [1.29, 1.82) is 0 Å². The van der Waals surface area contributed by atoms with Crippen LogP contribution in [-0.2, 0) is 13.0 Å². The van der Waals surface area contributed by atoms with Crippen LogP contribution in [0.15, 0.2) is 4.52 Å². The van der Waals surface area contributed by atoms with Gasteiger partial charge < -0.3 is 15.2 Å². The van der Waals surface area contributed by atoms with Gasteiger partial charge in [0.2, 0.25) is 0 Å². The van der Waals surface area contributed by atoms with Gasteiger partial charge in [0.05, 0.1) is 0 Å². The zero-order valence-electron chi connectivity index (χ0n) is 8.50. The smallest absolute Gasteiger partial charge is 0.137 e. The molecule has 4 heteroatoms. The minimum atomic E-state index is 0.641. The molecule has 0 spiro atoms. The normalized spacial score (nSPS) is 11.2. The van der Waals surface area contributed by atoms with Crippen LogP contribution in [0, 0.1) is 6.92 Å². The third kappa shape index (κ3) is 2.54. The van der Waals surface area contributed by atoms with Crippen LogP contribution < -0.4 is 5.73 Å². The van der Waals surface area contributed by atoms with Crippen molar-refractivity contribution in [2.75, 3.05) is 20.6 Å². The van der Waals surface area contributed by atoms with Crippen LogP contribution in [-0.4, -0.2) is 30.7 Å². The molecule has 0 aliphatic carbocycles. The summed E-state index contributed by atoms with van der Waals surface area (Å²) in [6.07, 6.45) is 0.846. The Bertz CT molecular complexity index is 268. The maximum atomic E-state index is 5.51. The third-order valence-corrected chi connectivity index (χ3v) is 1.93. The molecule has 1 rings (SSSR count). The molecule has 13 heavy (non-hydrogen) atoms. The molecule has 1 heterocycles. The summed E-state index contributed by atoms with van der Waals surface area (Å²) in [5, 5.41) is 4.00. The summed E-state index contributed by atoms with van der Waals surface area (Å²) in [6, 6.07) is 0. The maximum absolute atomic E-state index is 5.51. The molecule has 4 nitrogen and oxygen atoms in total. The van der Waals surface area contributed by atoms with Gasteiger partial charge in [0.1, 0.15) is 11.5 Å². The molecular weight excluding hydrogens is 166 g/mol. The van der Waals surface area contributed by atoms with Crippen molar-refractivity contribution in [3.8, 4) is 0 Å². The molecule has 0 unspecified atom stereocenters.